The van der Waals surface area contributed by atoms with E-state index in [1.807, 2.05) is 0 Å². The molecule has 0 heterocycles. The summed E-state index contributed by atoms with van der Waals surface area (Å²) in [5, 5.41) is 0. The molecule has 0 saturated heterocycles. The van der Waals surface area contributed by atoms with Gasteiger partial charge in [-0.3, -0.25) is 0 Å². The van der Waals surface area contributed by atoms with Crippen LogP contribution in [0.25, 0.3) is 0 Å². The first-order valence-electron chi connectivity index (χ1n) is 1.36. The van der Waals surface area contributed by atoms with E-state index in [0.29, 0.717) is 0 Å². The zero-order valence-electron chi connectivity index (χ0n) is 3.63. The third-order valence-electron chi connectivity index (χ3n) is 0. The maximum Gasteiger partial charge on any atom is 0.263 e. The minimum absolute atomic E-state index is 0.250. The second-order valence-corrected chi connectivity index (χ2v) is 0.493. The van der Waals surface area contributed by atoms with E-state index in [-0.39, 0.29) is 6.33 Å². The second kappa shape index (κ2) is 8.99. The van der Waals surface area contributed by atoms with Crippen LogP contribution < -0.4 is 0 Å². The largest absolute Gasteiger partial charge is 0.263 e. The van der Waals surface area contributed by atoms with Crippen LogP contribution in [0.15, 0.2) is 25.6 Å². The van der Waals surface area contributed by atoms with Crippen LogP contribution in [0.3, 0.4) is 0 Å². The van der Waals surface area contributed by atoms with Gasteiger partial charge in [-0.2, -0.15) is 8.78 Å². The van der Waals surface area contributed by atoms with Gasteiger partial charge in [-0.15, -0.1) is 0 Å². The van der Waals surface area contributed by atoms with Crippen LogP contribution in [0.1, 0.15) is 0 Å². The second-order valence-electron chi connectivity index (χ2n) is 0.493. The first-order valence-corrected chi connectivity index (χ1v) is 1.36. The molecule has 0 amide bonds. The highest BCUT2D eigenvalue weighted by atomic mass is 19.3. The molecular formula is C4H5F3. The third-order valence-corrected chi connectivity index (χ3v) is 0. The lowest BCUT2D eigenvalue weighted by atomic mass is 11.2. The Morgan fingerprint density at radius 3 is 1.43 bits per heavy atom. The lowest BCUT2D eigenvalue weighted by molar-refractivity contribution is 0.426. The van der Waals surface area contributed by atoms with Gasteiger partial charge in [0.25, 0.3) is 6.08 Å². The molecular weight excluding hydrogens is 105 g/mol. The highest BCUT2D eigenvalue weighted by Gasteiger charge is 1.65. The van der Waals surface area contributed by atoms with Gasteiger partial charge in [-0.1, -0.05) is 6.58 Å². The zero-order valence-corrected chi connectivity index (χ0v) is 3.63. The van der Waals surface area contributed by atoms with Crippen LogP contribution in [0.4, 0.5) is 13.2 Å². The quantitative estimate of drug-likeness (QED) is 0.449. The molecule has 0 aliphatic rings. The van der Waals surface area contributed by atoms with Gasteiger partial charge in [-0.05, 0) is 6.58 Å². The summed E-state index contributed by atoms with van der Waals surface area (Å²) in [4.78, 5) is 0. The van der Waals surface area contributed by atoms with E-state index in [9.17, 15) is 13.2 Å². The van der Waals surface area contributed by atoms with Crippen molar-refractivity contribution in [2.24, 2.45) is 0 Å². The van der Waals surface area contributed by atoms with E-state index >= 15 is 0 Å². The van der Waals surface area contributed by atoms with Crippen LogP contribution >= 0.6 is 0 Å². The fraction of sp³-hybridized carbons (Fsp3) is 0. The predicted molar refractivity (Wildman–Crippen MR) is 22.7 cm³/mol. The molecule has 0 saturated carbocycles. The normalized spacial score (nSPS) is 5.57. The Hall–Kier alpha value is -0.730. The average Bonchev–Trinajstić information content (AvgIpc) is 1.33. The van der Waals surface area contributed by atoms with Crippen molar-refractivity contribution in [2.45, 2.75) is 0 Å². The van der Waals surface area contributed by atoms with Gasteiger partial charge < -0.3 is 0 Å². The number of hydrogen-bond donors (Lipinski definition) is 0. The van der Waals surface area contributed by atoms with Gasteiger partial charge in [0, 0.05) is 0 Å². The Morgan fingerprint density at radius 1 is 1.43 bits per heavy atom. The van der Waals surface area contributed by atoms with Gasteiger partial charge in [0.15, 0.2) is 0 Å². The molecule has 42 valence electrons. The zero-order chi connectivity index (χ0) is 6.28. The van der Waals surface area contributed by atoms with Crippen molar-refractivity contribution < 1.29 is 13.2 Å². The van der Waals surface area contributed by atoms with Crippen molar-refractivity contribution in [1.29, 1.82) is 0 Å². The van der Waals surface area contributed by atoms with Crippen molar-refractivity contribution in [3.05, 3.63) is 25.6 Å². The molecule has 0 aromatic carbocycles. The summed E-state index contributed by atoms with van der Waals surface area (Å²) in [7, 11) is 0. The molecule has 0 aromatic rings. The maximum absolute atomic E-state index is 10.1. The van der Waals surface area contributed by atoms with Crippen molar-refractivity contribution in [1.82, 2.24) is 0 Å². The SMILES string of the molecule is C=C(F)F.C=CF. The average molecular weight is 110 g/mol. The van der Waals surface area contributed by atoms with E-state index in [1.54, 1.807) is 0 Å². The molecule has 0 bridgehead atoms. The molecule has 0 fully saturated rings. The molecule has 7 heavy (non-hydrogen) atoms. The number of hydrogen-bond acceptors (Lipinski definition) is 0. The fourth-order valence-corrected chi connectivity index (χ4v) is 0. The van der Waals surface area contributed by atoms with E-state index < -0.39 is 6.08 Å². The Balaban J connectivity index is 0. The smallest absolute Gasteiger partial charge is 0.216 e. The van der Waals surface area contributed by atoms with E-state index in [2.05, 4.69) is 13.2 Å². The van der Waals surface area contributed by atoms with Gasteiger partial charge in [0.05, 0.1) is 6.33 Å². The minimum atomic E-state index is -1.83. The van der Waals surface area contributed by atoms with Crippen molar-refractivity contribution in [3.63, 3.8) is 0 Å². The van der Waals surface area contributed by atoms with Gasteiger partial charge in [-0.25, -0.2) is 4.39 Å². The molecule has 0 aliphatic heterocycles. The molecule has 0 radical (unpaired) electrons. The molecule has 0 aromatic heterocycles. The van der Waals surface area contributed by atoms with E-state index in [0.717, 1.165) is 0 Å². The summed E-state index contributed by atoms with van der Waals surface area (Å²) in [6, 6.07) is 0. The minimum Gasteiger partial charge on any atom is -0.216 e. The predicted octanol–water partition coefficient (Wildman–Crippen LogP) is 2.50. The van der Waals surface area contributed by atoms with Crippen LogP contribution in [0.5, 0.6) is 0 Å². The first kappa shape index (κ1) is 9.55. The molecule has 0 atom stereocenters. The van der Waals surface area contributed by atoms with Crippen LogP contribution in [-0.4, -0.2) is 0 Å². The van der Waals surface area contributed by atoms with Crippen molar-refractivity contribution >= 4 is 0 Å². The molecule has 0 unspecified atom stereocenters. The van der Waals surface area contributed by atoms with Gasteiger partial charge in [0.2, 0.25) is 0 Å². The first-order chi connectivity index (χ1) is 3.15. The number of halogens is 3. The highest BCUT2D eigenvalue weighted by molar-refractivity contribution is 4.57. The molecule has 0 N–H and O–H groups in total. The molecule has 0 rings (SSSR count). The molecule has 0 aliphatic carbocycles. The summed E-state index contributed by atoms with van der Waals surface area (Å²) in [6.07, 6.45) is -1.58. The standard InChI is InChI=1S/C2H2F2.C2H3F/c1-2(3)4;1-2-3/h1H2;2H,1H2. The summed E-state index contributed by atoms with van der Waals surface area (Å²) >= 11 is 0. The number of rotatable bonds is 0. The topological polar surface area (TPSA) is 0 Å². The fourth-order valence-electron chi connectivity index (χ4n) is 0. The van der Waals surface area contributed by atoms with Crippen molar-refractivity contribution in [3.8, 4) is 0 Å². The van der Waals surface area contributed by atoms with Crippen molar-refractivity contribution in [2.75, 3.05) is 0 Å². The van der Waals surface area contributed by atoms with E-state index in [1.165, 1.54) is 0 Å². The van der Waals surface area contributed by atoms with Crippen LogP contribution in [0, 0.1) is 0 Å². The van der Waals surface area contributed by atoms with Crippen LogP contribution in [0.2, 0.25) is 0 Å². The molecule has 0 spiro atoms. The Morgan fingerprint density at radius 2 is 1.43 bits per heavy atom. The maximum atomic E-state index is 10.1. The lowest BCUT2D eigenvalue weighted by Gasteiger charge is -1.54. The Labute approximate surface area is 40.0 Å². The lowest BCUT2D eigenvalue weighted by Crippen LogP contribution is -1.33. The third kappa shape index (κ3) is 106. The summed E-state index contributed by atoms with van der Waals surface area (Å²) in [5.41, 5.74) is 0. The van der Waals surface area contributed by atoms with Gasteiger partial charge >= 0.3 is 0 Å². The molecule has 0 nitrogen and oxygen atoms in total. The monoisotopic (exact) mass is 110 g/mol. The molecule has 3 heteroatoms. The van der Waals surface area contributed by atoms with Gasteiger partial charge in [0.1, 0.15) is 0 Å². The van der Waals surface area contributed by atoms with E-state index in [4.69, 9.17) is 0 Å². The summed E-state index contributed by atoms with van der Waals surface area (Å²) < 4.78 is 30.3. The Kier molecular flexibility index (Phi) is 12.3. The van der Waals surface area contributed by atoms with Crippen LogP contribution in [-0.2, 0) is 0 Å². The Bertz CT molecular complexity index is 54.0. The summed E-state index contributed by atoms with van der Waals surface area (Å²) in [5.74, 6) is 0. The highest BCUT2D eigenvalue weighted by Crippen LogP contribution is 1.85. The summed E-state index contributed by atoms with van der Waals surface area (Å²) in [6.45, 7) is 4.92.